The van der Waals surface area contributed by atoms with Crippen molar-refractivity contribution in [3.63, 3.8) is 0 Å². The first-order valence-electron chi connectivity index (χ1n) is 8.33. The zero-order valence-corrected chi connectivity index (χ0v) is 14.3. The van der Waals surface area contributed by atoms with Gasteiger partial charge in [-0.3, -0.25) is 9.59 Å². The van der Waals surface area contributed by atoms with Crippen LogP contribution in [-0.2, 0) is 16.0 Å². The van der Waals surface area contributed by atoms with Crippen molar-refractivity contribution in [1.82, 2.24) is 0 Å². The summed E-state index contributed by atoms with van der Waals surface area (Å²) in [6, 6.07) is 14.8. The van der Waals surface area contributed by atoms with Crippen LogP contribution in [0, 0.1) is 6.92 Å². The number of aryl methyl sites for hydroxylation is 1. The number of anilines is 1. The molecule has 2 N–H and O–H groups in total. The number of hydrogen-bond acceptors (Lipinski definition) is 3. The number of para-hydroxylation sites is 1. The van der Waals surface area contributed by atoms with Crippen LogP contribution in [0.2, 0.25) is 0 Å². The fraction of sp³-hybridized carbons (Fsp3) is 0.300. The van der Waals surface area contributed by atoms with Crippen molar-refractivity contribution in [1.29, 1.82) is 0 Å². The minimum Gasteiger partial charge on any atom is -0.494 e. The van der Waals surface area contributed by atoms with Crippen LogP contribution in [0.5, 0.6) is 5.75 Å². The average molecular weight is 341 g/mol. The summed E-state index contributed by atoms with van der Waals surface area (Å²) in [5.41, 5.74) is 2.31. The van der Waals surface area contributed by atoms with E-state index in [1.165, 1.54) is 0 Å². The zero-order valence-electron chi connectivity index (χ0n) is 14.3. The standard InChI is InChI=1S/C20H23NO4/c1-15-7-6-9-17(13-15)25-12-5-4-11-19(22)21-18-10-3-2-8-16(18)14-20(23)24/h2-3,6-10,13H,4-5,11-12,14H2,1H3,(H,21,22)(H,23,24). The molecular weight excluding hydrogens is 318 g/mol. The molecule has 0 aliphatic rings. The molecule has 5 heteroatoms. The van der Waals surface area contributed by atoms with Crippen molar-refractivity contribution in [3.8, 4) is 5.75 Å². The Morgan fingerprint density at radius 1 is 1.08 bits per heavy atom. The molecule has 2 aromatic carbocycles. The summed E-state index contributed by atoms with van der Waals surface area (Å²) in [4.78, 5) is 22.9. The number of rotatable bonds is 9. The van der Waals surface area contributed by atoms with E-state index in [9.17, 15) is 9.59 Å². The number of aliphatic carboxylic acids is 1. The van der Waals surface area contributed by atoms with Gasteiger partial charge in [0, 0.05) is 12.1 Å². The van der Waals surface area contributed by atoms with Gasteiger partial charge in [-0.25, -0.2) is 0 Å². The van der Waals surface area contributed by atoms with E-state index in [1.807, 2.05) is 31.2 Å². The second-order valence-corrected chi connectivity index (χ2v) is 5.90. The largest absolute Gasteiger partial charge is 0.494 e. The van der Waals surface area contributed by atoms with Crippen LogP contribution in [0.15, 0.2) is 48.5 Å². The van der Waals surface area contributed by atoms with Crippen molar-refractivity contribution >= 4 is 17.6 Å². The molecule has 0 saturated heterocycles. The molecule has 0 saturated carbocycles. The third-order valence-corrected chi connectivity index (χ3v) is 3.69. The van der Waals surface area contributed by atoms with Crippen molar-refractivity contribution in [2.45, 2.75) is 32.6 Å². The molecule has 25 heavy (non-hydrogen) atoms. The van der Waals surface area contributed by atoms with Crippen LogP contribution in [0.3, 0.4) is 0 Å². The van der Waals surface area contributed by atoms with Crippen LogP contribution in [-0.4, -0.2) is 23.6 Å². The number of carbonyl (C=O) groups is 2. The van der Waals surface area contributed by atoms with Crippen molar-refractivity contribution in [2.75, 3.05) is 11.9 Å². The third-order valence-electron chi connectivity index (χ3n) is 3.69. The summed E-state index contributed by atoms with van der Waals surface area (Å²) >= 11 is 0. The lowest BCUT2D eigenvalue weighted by atomic mass is 10.1. The average Bonchev–Trinajstić information content (AvgIpc) is 2.56. The Labute approximate surface area is 147 Å². The predicted molar refractivity (Wildman–Crippen MR) is 96.9 cm³/mol. The summed E-state index contributed by atoms with van der Waals surface area (Å²) < 4.78 is 5.65. The first-order valence-corrected chi connectivity index (χ1v) is 8.33. The summed E-state index contributed by atoms with van der Waals surface area (Å²) in [6.07, 6.45) is 1.75. The SMILES string of the molecule is Cc1cccc(OCCCCC(=O)Nc2ccccc2CC(=O)O)c1. The number of hydrogen-bond donors (Lipinski definition) is 2. The maximum atomic E-state index is 12.0. The van der Waals surface area contributed by atoms with Crippen LogP contribution in [0.25, 0.3) is 0 Å². The molecule has 0 aliphatic heterocycles. The normalized spacial score (nSPS) is 10.3. The van der Waals surface area contributed by atoms with E-state index in [2.05, 4.69) is 5.32 Å². The Morgan fingerprint density at radius 2 is 1.88 bits per heavy atom. The molecule has 0 radical (unpaired) electrons. The van der Waals surface area contributed by atoms with E-state index in [-0.39, 0.29) is 12.3 Å². The van der Waals surface area contributed by atoms with Gasteiger partial charge >= 0.3 is 5.97 Å². The van der Waals surface area contributed by atoms with Gasteiger partial charge in [0.25, 0.3) is 0 Å². The number of carboxylic acid groups (broad SMARTS) is 1. The van der Waals surface area contributed by atoms with Gasteiger partial charge in [0.15, 0.2) is 0 Å². The fourth-order valence-electron chi connectivity index (χ4n) is 2.45. The molecule has 2 rings (SSSR count). The Hall–Kier alpha value is -2.82. The Balaban J connectivity index is 1.71. The van der Waals surface area contributed by atoms with Crippen LogP contribution >= 0.6 is 0 Å². The Bertz CT molecular complexity index is 727. The first kappa shape index (κ1) is 18.5. The first-order chi connectivity index (χ1) is 12.0. The van der Waals surface area contributed by atoms with Gasteiger partial charge in [-0.1, -0.05) is 30.3 Å². The second kappa shape index (κ2) is 9.47. The van der Waals surface area contributed by atoms with Gasteiger partial charge in [-0.2, -0.15) is 0 Å². The smallest absolute Gasteiger partial charge is 0.307 e. The summed E-state index contributed by atoms with van der Waals surface area (Å²) in [5, 5.41) is 11.7. The van der Waals surface area contributed by atoms with E-state index < -0.39 is 5.97 Å². The number of carboxylic acids is 1. The lowest BCUT2D eigenvalue weighted by Crippen LogP contribution is -2.14. The molecule has 0 spiro atoms. The number of amides is 1. The van der Waals surface area contributed by atoms with Crippen molar-refractivity contribution < 1.29 is 19.4 Å². The molecule has 0 unspecified atom stereocenters. The molecule has 0 atom stereocenters. The summed E-state index contributed by atoms with van der Waals surface area (Å²) in [7, 11) is 0. The topological polar surface area (TPSA) is 75.6 Å². The summed E-state index contributed by atoms with van der Waals surface area (Å²) in [5.74, 6) is -0.199. The van der Waals surface area contributed by atoms with Crippen molar-refractivity contribution in [2.24, 2.45) is 0 Å². The van der Waals surface area contributed by atoms with Gasteiger partial charge in [-0.05, 0) is 49.1 Å². The monoisotopic (exact) mass is 341 g/mol. The van der Waals surface area contributed by atoms with Crippen LogP contribution in [0.1, 0.15) is 30.4 Å². The van der Waals surface area contributed by atoms with E-state index in [4.69, 9.17) is 9.84 Å². The highest BCUT2D eigenvalue weighted by atomic mass is 16.5. The molecule has 0 aromatic heterocycles. The second-order valence-electron chi connectivity index (χ2n) is 5.90. The number of ether oxygens (including phenoxy) is 1. The number of carbonyl (C=O) groups excluding carboxylic acids is 1. The predicted octanol–water partition coefficient (Wildman–Crippen LogP) is 3.81. The molecular formula is C20H23NO4. The number of unbranched alkanes of at least 4 members (excludes halogenated alkanes) is 1. The Morgan fingerprint density at radius 3 is 2.64 bits per heavy atom. The van der Waals surface area contributed by atoms with E-state index in [1.54, 1.807) is 24.3 Å². The van der Waals surface area contributed by atoms with Gasteiger partial charge in [0.2, 0.25) is 5.91 Å². The molecule has 0 aliphatic carbocycles. The lowest BCUT2D eigenvalue weighted by molar-refractivity contribution is -0.136. The van der Waals surface area contributed by atoms with Gasteiger partial charge in [0.1, 0.15) is 5.75 Å². The van der Waals surface area contributed by atoms with E-state index >= 15 is 0 Å². The minimum absolute atomic E-state index is 0.110. The lowest BCUT2D eigenvalue weighted by Gasteiger charge is -2.10. The van der Waals surface area contributed by atoms with E-state index in [0.29, 0.717) is 30.7 Å². The molecule has 0 bridgehead atoms. The molecule has 5 nitrogen and oxygen atoms in total. The third kappa shape index (κ3) is 6.67. The van der Waals surface area contributed by atoms with E-state index in [0.717, 1.165) is 17.7 Å². The zero-order chi connectivity index (χ0) is 18.1. The highest BCUT2D eigenvalue weighted by Gasteiger charge is 2.09. The maximum absolute atomic E-state index is 12.0. The Kier molecular flexibility index (Phi) is 7.01. The quantitative estimate of drug-likeness (QED) is 0.680. The molecule has 2 aromatic rings. The highest BCUT2D eigenvalue weighted by Crippen LogP contribution is 2.17. The maximum Gasteiger partial charge on any atom is 0.307 e. The number of nitrogens with one attached hydrogen (secondary N) is 1. The van der Waals surface area contributed by atoms with Crippen LogP contribution in [0.4, 0.5) is 5.69 Å². The fourth-order valence-corrected chi connectivity index (χ4v) is 2.45. The number of benzene rings is 2. The minimum atomic E-state index is -0.921. The molecule has 0 fully saturated rings. The van der Waals surface area contributed by atoms with Gasteiger partial charge in [-0.15, -0.1) is 0 Å². The van der Waals surface area contributed by atoms with Crippen molar-refractivity contribution in [3.05, 3.63) is 59.7 Å². The molecule has 0 heterocycles. The van der Waals surface area contributed by atoms with Gasteiger partial charge in [0.05, 0.1) is 13.0 Å². The summed E-state index contributed by atoms with van der Waals surface area (Å²) in [6.45, 7) is 2.58. The van der Waals surface area contributed by atoms with Gasteiger partial charge < -0.3 is 15.2 Å². The highest BCUT2D eigenvalue weighted by molar-refractivity contribution is 5.92. The molecule has 1 amide bonds. The molecule has 132 valence electrons. The van der Waals surface area contributed by atoms with Crippen LogP contribution < -0.4 is 10.1 Å².